The largest absolute Gasteiger partial charge is 0.574 e. The van der Waals surface area contributed by atoms with Crippen LogP contribution in [0.1, 0.15) is 11.1 Å². The molecule has 0 saturated heterocycles. The van der Waals surface area contributed by atoms with E-state index in [1.165, 1.54) is 7.11 Å². The average molecular weight is 316 g/mol. The molecule has 0 bridgehead atoms. The van der Waals surface area contributed by atoms with E-state index in [0.717, 1.165) is 6.07 Å². The van der Waals surface area contributed by atoms with Crippen molar-refractivity contribution in [3.05, 3.63) is 17.2 Å². The maximum absolute atomic E-state index is 12.0. The van der Waals surface area contributed by atoms with E-state index in [4.69, 9.17) is 9.84 Å². The van der Waals surface area contributed by atoms with Gasteiger partial charge in [-0.1, -0.05) is 15.9 Å². The number of hydrogen-bond donors (Lipinski definition) is 1. The Bertz CT molecular complexity index is 373. The molecule has 1 aromatic rings. The van der Waals surface area contributed by atoms with Gasteiger partial charge in [-0.3, -0.25) is 0 Å². The number of alkyl halides is 4. The number of nitrogens with zero attached hydrogens (tertiary/aromatic N) is 1. The van der Waals surface area contributed by atoms with Crippen molar-refractivity contribution in [2.75, 3.05) is 7.11 Å². The summed E-state index contributed by atoms with van der Waals surface area (Å²) >= 11 is 3.13. The monoisotopic (exact) mass is 315 g/mol. The SMILES string of the molecule is COc1nc(OC(F)(F)F)cc(CO)c1CBr. The zero-order valence-electron chi connectivity index (χ0n) is 8.71. The fourth-order valence-electron chi connectivity index (χ4n) is 1.20. The molecule has 0 saturated carbocycles. The van der Waals surface area contributed by atoms with E-state index in [-0.39, 0.29) is 11.4 Å². The minimum atomic E-state index is -4.83. The lowest BCUT2D eigenvalue weighted by atomic mass is 10.1. The Morgan fingerprint density at radius 3 is 2.53 bits per heavy atom. The van der Waals surface area contributed by atoms with Gasteiger partial charge in [-0.25, -0.2) is 0 Å². The number of methoxy groups -OCH3 is 1. The van der Waals surface area contributed by atoms with Crippen molar-refractivity contribution in [2.24, 2.45) is 0 Å². The van der Waals surface area contributed by atoms with Gasteiger partial charge in [0, 0.05) is 17.0 Å². The molecule has 0 aliphatic rings. The number of aliphatic hydroxyl groups is 1. The molecule has 8 heteroatoms. The van der Waals surface area contributed by atoms with Crippen molar-refractivity contribution in [2.45, 2.75) is 18.3 Å². The summed E-state index contributed by atoms with van der Waals surface area (Å²) < 4.78 is 44.6. The standard InChI is InChI=1S/C9H9BrF3NO3/c1-16-8-6(3-10)5(4-15)2-7(14-8)17-9(11,12)13/h2,15H,3-4H2,1H3. The third-order valence-electron chi connectivity index (χ3n) is 1.87. The Balaban J connectivity index is 3.18. The van der Waals surface area contributed by atoms with Crippen LogP contribution in [0.25, 0.3) is 0 Å². The van der Waals surface area contributed by atoms with Crippen LogP contribution in [0.4, 0.5) is 13.2 Å². The molecular weight excluding hydrogens is 307 g/mol. The predicted molar refractivity (Wildman–Crippen MR) is 56.0 cm³/mol. The van der Waals surface area contributed by atoms with Gasteiger partial charge in [-0.15, -0.1) is 13.2 Å². The summed E-state index contributed by atoms with van der Waals surface area (Å²) in [5.74, 6) is -0.684. The van der Waals surface area contributed by atoms with E-state index in [9.17, 15) is 13.2 Å². The maximum Gasteiger partial charge on any atom is 0.574 e. The third-order valence-corrected chi connectivity index (χ3v) is 2.43. The first-order valence-corrected chi connectivity index (χ1v) is 5.52. The van der Waals surface area contributed by atoms with Crippen LogP contribution in [-0.4, -0.2) is 23.6 Å². The van der Waals surface area contributed by atoms with E-state index in [1.807, 2.05) is 0 Å². The maximum atomic E-state index is 12.0. The molecule has 1 aromatic heterocycles. The van der Waals surface area contributed by atoms with Crippen molar-refractivity contribution in [3.8, 4) is 11.8 Å². The molecular formula is C9H9BrF3NO3. The van der Waals surface area contributed by atoms with E-state index in [1.54, 1.807) is 0 Å². The van der Waals surface area contributed by atoms with E-state index >= 15 is 0 Å². The normalized spacial score (nSPS) is 11.4. The molecule has 1 rings (SSSR count). The minimum absolute atomic E-state index is 0.0207. The molecule has 0 fully saturated rings. The molecule has 1 N–H and O–H groups in total. The quantitative estimate of drug-likeness (QED) is 0.867. The molecule has 1 heterocycles. The fraction of sp³-hybridized carbons (Fsp3) is 0.444. The van der Waals surface area contributed by atoms with Gasteiger partial charge in [0.2, 0.25) is 11.8 Å². The zero-order valence-corrected chi connectivity index (χ0v) is 10.3. The number of pyridine rings is 1. The van der Waals surface area contributed by atoms with E-state index in [2.05, 4.69) is 25.7 Å². The summed E-state index contributed by atoms with van der Waals surface area (Å²) in [6.45, 7) is -0.436. The highest BCUT2D eigenvalue weighted by molar-refractivity contribution is 9.08. The van der Waals surface area contributed by atoms with Crippen LogP contribution in [0.2, 0.25) is 0 Å². The Labute approximate surface area is 103 Å². The average Bonchev–Trinajstić information content (AvgIpc) is 2.25. The van der Waals surface area contributed by atoms with Crippen molar-refractivity contribution in [1.29, 1.82) is 0 Å². The first-order chi connectivity index (χ1) is 7.91. The molecule has 0 amide bonds. The summed E-state index contributed by atoms with van der Waals surface area (Å²) in [5.41, 5.74) is 0.734. The Hall–Kier alpha value is -1.02. The summed E-state index contributed by atoms with van der Waals surface area (Å²) in [6, 6.07) is 1.02. The molecule has 96 valence electrons. The first kappa shape index (κ1) is 14.0. The van der Waals surface area contributed by atoms with Crippen LogP contribution in [0.5, 0.6) is 11.8 Å². The van der Waals surface area contributed by atoms with E-state index in [0.29, 0.717) is 10.9 Å². The highest BCUT2D eigenvalue weighted by Gasteiger charge is 2.32. The second kappa shape index (κ2) is 5.54. The molecule has 4 nitrogen and oxygen atoms in total. The Morgan fingerprint density at radius 2 is 2.12 bits per heavy atom. The van der Waals surface area contributed by atoms with Gasteiger partial charge in [0.1, 0.15) is 0 Å². The van der Waals surface area contributed by atoms with Crippen molar-refractivity contribution in [1.82, 2.24) is 4.98 Å². The highest BCUT2D eigenvalue weighted by Crippen LogP contribution is 2.29. The smallest absolute Gasteiger partial charge is 0.481 e. The topological polar surface area (TPSA) is 51.6 Å². The number of hydrogen-bond acceptors (Lipinski definition) is 4. The second-order valence-corrected chi connectivity index (χ2v) is 3.51. The lowest BCUT2D eigenvalue weighted by Crippen LogP contribution is -2.18. The number of halogens is 4. The van der Waals surface area contributed by atoms with Crippen molar-refractivity contribution >= 4 is 15.9 Å². The number of aromatic nitrogens is 1. The van der Waals surface area contributed by atoms with Gasteiger partial charge >= 0.3 is 6.36 Å². The summed E-state index contributed by atoms with van der Waals surface area (Å²) in [5, 5.41) is 9.35. The highest BCUT2D eigenvalue weighted by atomic mass is 79.9. The molecule has 0 aliphatic heterocycles. The molecule has 0 spiro atoms. The van der Waals surface area contributed by atoms with Crippen molar-refractivity contribution in [3.63, 3.8) is 0 Å². The van der Waals surface area contributed by atoms with Gasteiger partial charge in [0.05, 0.1) is 13.7 Å². The zero-order chi connectivity index (χ0) is 13.1. The number of rotatable bonds is 4. The molecule has 0 aromatic carbocycles. The first-order valence-electron chi connectivity index (χ1n) is 4.40. The molecule has 0 atom stereocenters. The van der Waals surface area contributed by atoms with Crippen LogP contribution >= 0.6 is 15.9 Å². The van der Waals surface area contributed by atoms with Crippen LogP contribution in [0.15, 0.2) is 6.07 Å². The number of ether oxygens (including phenoxy) is 2. The Kier molecular flexibility index (Phi) is 4.58. The third kappa shape index (κ3) is 3.74. The Morgan fingerprint density at radius 1 is 1.47 bits per heavy atom. The van der Waals surface area contributed by atoms with Crippen molar-refractivity contribution < 1.29 is 27.8 Å². The molecule has 0 radical (unpaired) electrons. The molecule has 0 aliphatic carbocycles. The van der Waals surface area contributed by atoms with Gasteiger partial charge < -0.3 is 14.6 Å². The summed E-state index contributed by atoms with van der Waals surface area (Å²) in [7, 11) is 1.27. The summed E-state index contributed by atoms with van der Waals surface area (Å²) in [6.07, 6.45) is -4.83. The number of aliphatic hydroxyl groups excluding tert-OH is 1. The van der Waals surface area contributed by atoms with Gasteiger partial charge in [0.15, 0.2) is 0 Å². The van der Waals surface area contributed by atoms with Crippen LogP contribution < -0.4 is 9.47 Å². The van der Waals surface area contributed by atoms with Gasteiger partial charge in [0.25, 0.3) is 0 Å². The van der Waals surface area contributed by atoms with Crippen LogP contribution in [0, 0.1) is 0 Å². The van der Waals surface area contributed by atoms with Crippen LogP contribution in [0.3, 0.4) is 0 Å². The second-order valence-electron chi connectivity index (χ2n) is 2.95. The van der Waals surface area contributed by atoms with Gasteiger partial charge in [-0.2, -0.15) is 4.98 Å². The fourth-order valence-corrected chi connectivity index (χ4v) is 1.80. The molecule has 0 unspecified atom stereocenters. The molecule has 17 heavy (non-hydrogen) atoms. The lowest BCUT2D eigenvalue weighted by Gasteiger charge is -2.13. The minimum Gasteiger partial charge on any atom is -0.481 e. The van der Waals surface area contributed by atoms with E-state index < -0.39 is 18.8 Å². The van der Waals surface area contributed by atoms with Crippen LogP contribution in [-0.2, 0) is 11.9 Å². The lowest BCUT2D eigenvalue weighted by molar-refractivity contribution is -0.276. The summed E-state index contributed by atoms with van der Waals surface area (Å²) in [4.78, 5) is 3.55. The van der Waals surface area contributed by atoms with Gasteiger partial charge in [-0.05, 0) is 5.56 Å². The predicted octanol–water partition coefficient (Wildman–Crippen LogP) is 2.38.